The largest absolute Gasteiger partial charge is 0.321 e. The molecule has 6 nitrogen and oxygen atoms in total. The van der Waals surface area contributed by atoms with E-state index in [1.54, 1.807) is 11.3 Å². The van der Waals surface area contributed by atoms with Crippen LogP contribution in [0.25, 0.3) is 27.1 Å². The fourth-order valence-corrected chi connectivity index (χ4v) is 3.78. The van der Waals surface area contributed by atoms with Gasteiger partial charge in [0.25, 0.3) is 5.91 Å². The molecule has 0 saturated carbocycles. The number of amides is 1. The van der Waals surface area contributed by atoms with Gasteiger partial charge in [-0.1, -0.05) is 23.8 Å². The number of aromatic nitrogens is 4. The Hall–Kier alpha value is -3.45. The van der Waals surface area contributed by atoms with Crippen molar-refractivity contribution in [2.24, 2.45) is 0 Å². The number of aromatic amines is 1. The Morgan fingerprint density at radius 3 is 2.85 bits per heavy atom. The molecule has 132 valence electrons. The normalized spacial score (nSPS) is 11.3. The molecule has 7 heteroatoms. The van der Waals surface area contributed by atoms with Gasteiger partial charge in [0.05, 0.1) is 11.2 Å². The zero-order valence-electron chi connectivity index (χ0n) is 14.4. The molecule has 2 N–H and O–H groups in total. The number of imidazole rings is 1. The SMILES string of the molecule is Cc1ccc2[nH]nc(C(=O)Nc3ccc(-c4cn5ccsc5n4)cc3)c2c1. The van der Waals surface area contributed by atoms with Crippen LogP contribution in [0, 0.1) is 6.92 Å². The highest BCUT2D eigenvalue weighted by atomic mass is 32.1. The van der Waals surface area contributed by atoms with Gasteiger partial charge in [-0.3, -0.25) is 14.3 Å². The van der Waals surface area contributed by atoms with Crippen molar-refractivity contribution in [1.82, 2.24) is 19.6 Å². The maximum atomic E-state index is 12.6. The summed E-state index contributed by atoms with van der Waals surface area (Å²) < 4.78 is 2.00. The van der Waals surface area contributed by atoms with E-state index in [-0.39, 0.29) is 5.91 Å². The molecule has 0 saturated heterocycles. The van der Waals surface area contributed by atoms with Crippen molar-refractivity contribution >= 4 is 38.8 Å². The molecule has 0 aliphatic rings. The van der Waals surface area contributed by atoms with Gasteiger partial charge in [0.1, 0.15) is 0 Å². The number of hydrogen-bond acceptors (Lipinski definition) is 4. The van der Waals surface area contributed by atoms with Gasteiger partial charge in [-0.25, -0.2) is 4.98 Å². The van der Waals surface area contributed by atoms with Crippen LogP contribution < -0.4 is 5.32 Å². The Bertz CT molecular complexity index is 1250. The van der Waals surface area contributed by atoms with E-state index in [0.29, 0.717) is 11.4 Å². The van der Waals surface area contributed by atoms with E-state index < -0.39 is 0 Å². The quantitative estimate of drug-likeness (QED) is 0.489. The van der Waals surface area contributed by atoms with Gasteiger partial charge < -0.3 is 5.32 Å². The van der Waals surface area contributed by atoms with E-state index in [4.69, 9.17) is 0 Å². The van der Waals surface area contributed by atoms with Crippen LogP contribution in [0.1, 0.15) is 16.1 Å². The molecule has 0 atom stereocenters. The molecule has 0 unspecified atom stereocenters. The van der Waals surface area contributed by atoms with Crippen LogP contribution in [-0.2, 0) is 0 Å². The molecule has 27 heavy (non-hydrogen) atoms. The molecule has 1 amide bonds. The zero-order valence-corrected chi connectivity index (χ0v) is 15.2. The first-order valence-corrected chi connectivity index (χ1v) is 9.34. The zero-order chi connectivity index (χ0) is 18.4. The maximum Gasteiger partial charge on any atom is 0.276 e. The first-order chi connectivity index (χ1) is 13.2. The standard InChI is InChI=1S/C20H15N5OS/c1-12-2-7-16-15(10-12)18(24-23-16)19(26)21-14-5-3-13(4-6-14)17-11-25-8-9-27-20(25)22-17/h2-11H,1H3,(H,21,26)(H,23,24). The Morgan fingerprint density at radius 1 is 1.19 bits per heavy atom. The van der Waals surface area contributed by atoms with Crippen molar-refractivity contribution in [1.29, 1.82) is 0 Å². The molecule has 0 spiro atoms. The molecule has 0 aliphatic carbocycles. The van der Waals surface area contributed by atoms with Crippen molar-refractivity contribution in [3.8, 4) is 11.3 Å². The molecule has 5 rings (SSSR count). The van der Waals surface area contributed by atoms with Gasteiger partial charge in [-0.2, -0.15) is 5.10 Å². The molecule has 0 aliphatic heterocycles. The number of nitrogens with zero attached hydrogens (tertiary/aromatic N) is 3. The van der Waals surface area contributed by atoms with Gasteiger partial charge in [-0.15, -0.1) is 11.3 Å². The number of carbonyl (C=O) groups excluding carboxylic acids is 1. The van der Waals surface area contributed by atoms with Gasteiger partial charge in [0.2, 0.25) is 0 Å². The highest BCUT2D eigenvalue weighted by molar-refractivity contribution is 7.15. The van der Waals surface area contributed by atoms with Crippen LogP contribution in [0.4, 0.5) is 5.69 Å². The summed E-state index contributed by atoms with van der Waals surface area (Å²) in [7, 11) is 0. The molecule has 0 fully saturated rings. The summed E-state index contributed by atoms with van der Waals surface area (Å²) >= 11 is 1.60. The van der Waals surface area contributed by atoms with Gasteiger partial charge in [-0.05, 0) is 31.2 Å². The van der Waals surface area contributed by atoms with Crippen LogP contribution in [0.5, 0.6) is 0 Å². The Kier molecular flexibility index (Phi) is 3.54. The highest BCUT2D eigenvalue weighted by Gasteiger charge is 2.14. The monoisotopic (exact) mass is 373 g/mol. The summed E-state index contributed by atoms with van der Waals surface area (Å²) in [6, 6.07) is 13.5. The van der Waals surface area contributed by atoms with E-state index in [2.05, 4.69) is 20.5 Å². The van der Waals surface area contributed by atoms with Crippen molar-refractivity contribution in [2.75, 3.05) is 5.32 Å². The van der Waals surface area contributed by atoms with Crippen LogP contribution in [0.15, 0.2) is 60.2 Å². The lowest BCUT2D eigenvalue weighted by molar-refractivity contribution is 0.102. The fourth-order valence-electron chi connectivity index (χ4n) is 3.08. The smallest absolute Gasteiger partial charge is 0.276 e. The molecule has 3 heterocycles. The molecule has 3 aromatic heterocycles. The highest BCUT2D eigenvalue weighted by Crippen LogP contribution is 2.24. The predicted octanol–water partition coefficient (Wildman–Crippen LogP) is 4.50. The van der Waals surface area contributed by atoms with Crippen LogP contribution in [-0.4, -0.2) is 25.5 Å². The van der Waals surface area contributed by atoms with Crippen molar-refractivity contribution in [3.05, 3.63) is 71.5 Å². The summed E-state index contributed by atoms with van der Waals surface area (Å²) in [5, 5.41) is 12.8. The fraction of sp³-hybridized carbons (Fsp3) is 0.0500. The molecule has 0 radical (unpaired) electrons. The van der Waals surface area contributed by atoms with Gasteiger partial charge in [0.15, 0.2) is 10.7 Å². The van der Waals surface area contributed by atoms with Gasteiger partial charge >= 0.3 is 0 Å². The number of nitrogens with one attached hydrogen (secondary N) is 2. The number of aryl methyl sites for hydroxylation is 1. The second-order valence-electron chi connectivity index (χ2n) is 6.37. The number of rotatable bonds is 3. The Labute approximate surface area is 158 Å². The summed E-state index contributed by atoms with van der Waals surface area (Å²) in [5.41, 5.74) is 4.96. The minimum atomic E-state index is -0.234. The third-order valence-electron chi connectivity index (χ3n) is 4.47. The first kappa shape index (κ1) is 15.8. The maximum absolute atomic E-state index is 12.6. The lowest BCUT2D eigenvalue weighted by Gasteiger charge is -2.05. The number of anilines is 1. The molecule has 2 aromatic carbocycles. The third-order valence-corrected chi connectivity index (χ3v) is 5.24. The number of thiazole rings is 1. The Balaban J connectivity index is 1.39. The molecular weight excluding hydrogens is 358 g/mol. The second kappa shape index (κ2) is 6.07. The molecular formula is C20H15N5OS. The predicted molar refractivity (Wildman–Crippen MR) is 107 cm³/mol. The second-order valence-corrected chi connectivity index (χ2v) is 7.24. The van der Waals surface area contributed by atoms with Crippen LogP contribution in [0.2, 0.25) is 0 Å². The molecule has 0 bridgehead atoms. The summed E-state index contributed by atoms with van der Waals surface area (Å²) in [4.78, 5) is 18.2. The number of benzene rings is 2. The number of fused-ring (bicyclic) bond motifs is 2. The lowest BCUT2D eigenvalue weighted by Crippen LogP contribution is -2.12. The summed E-state index contributed by atoms with van der Waals surface area (Å²) in [5.74, 6) is -0.234. The number of hydrogen-bond donors (Lipinski definition) is 2. The van der Waals surface area contributed by atoms with E-state index in [0.717, 1.165) is 32.7 Å². The summed E-state index contributed by atoms with van der Waals surface area (Å²) in [6.45, 7) is 1.99. The van der Waals surface area contributed by atoms with Gasteiger partial charge in [0, 0.05) is 34.4 Å². The van der Waals surface area contributed by atoms with Crippen molar-refractivity contribution in [2.45, 2.75) is 6.92 Å². The van der Waals surface area contributed by atoms with Crippen LogP contribution in [0.3, 0.4) is 0 Å². The first-order valence-electron chi connectivity index (χ1n) is 8.46. The minimum absolute atomic E-state index is 0.234. The molecule has 5 aromatic rings. The van der Waals surface area contributed by atoms with Crippen LogP contribution >= 0.6 is 11.3 Å². The van der Waals surface area contributed by atoms with E-state index in [1.807, 2.05) is 71.6 Å². The third kappa shape index (κ3) is 2.78. The van der Waals surface area contributed by atoms with E-state index in [1.165, 1.54) is 0 Å². The Morgan fingerprint density at radius 2 is 2.04 bits per heavy atom. The van der Waals surface area contributed by atoms with Crippen molar-refractivity contribution < 1.29 is 4.79 Å². The summed E-state index contributed by atoms with van der Waals surface area (Å²) in [6.07, 6.45) is 3.98. The average molecular weight is 373 g/mol. The minimum Gasteiger partial charge on any atom is -0.321 e. The van der Waals surface area contributed by atoms with E-state index >= 15 is 0 Å². The number of H-pyrrole nitrogens is 1. The average Bonchev–Trinajstić information content (AvgIpc) is 3.36. The number of carbonyl (C=O) groups is 1. The van der Waals surface area contributed by atoms with E-state index in [9.17, 15) is 4.79 Å². The van der Waals surface area contributed by atoms with Crippen molar-refractivity contribution in [3.63, 3.8) is 0 Å². The topological polar surface area (TPSA) is 75.1 Å². The lowest BCUT2D eigenvalue weighted by atomic mass is 10.1.